The number of halogens is 1. The van der Waals surface area contributed by atoms with Crippen LogP contribution in [0, 0.1) is 0 Å². The predicted molar refractivity (Wildman–Crippen MR) is 96.9 cm³/mol. The average molecular weight is 361 g/mol. The summed E-state index contributed by atoms with van der Waals surface area (Å²) in [5, 5.41) is 10.5. The third kappa shape index (κ3) is 5.50. The number of carbonyl (C=O) groups is 3. The van der Waals surface area contributed by atoms with Gasteiger partial charge < -0.3 is 21.3 Å². The lowest BCUT2D eigenvalue weighted by molar-refractivity contribution is -0.115. The molecule has 0 aliphatic heterocycles. The van der Waals surface area contributed by atoms with Crippen LogP contribution >= 0.6 is 11.6 Å². The number of hydrogen-bond acceptors (Lipinski definition) is 3. The lowest BCUT2D eigenvalue weighted by Crippen LogP contribution is -2.33. The molecule has 0 atom stereocenters. The van der Waals surface area contributed by atoms with Gasteiger partial charge in [-0.25, -0.2) is 4.79 Å². The summed E-state index contributed by atoms with van der Waals surface area (Å²) in [7, 11) is 1.50. The van der Waals surface area contributed by atoms with E-state index in [1.54, 1.807) is 48.5 Å². The molecule has 0 fully saturated rings. The maximum atomic E-state index is 12.0. The number of urea groups is 1. The molecule has 4 N–H and O–H groups in total. The van der Waals surface area contributed by atoms with Crippen LogP contribution in [0.3, 0.4) is 0 Å². The van der Waals surface area contributed by atoms with E-state index in [4.69, 9.17) is 11.6 Å². The van der Waals surface area contributed by atoms with Crippen LogP contribution in [0.1, 0.15) is 10.4 Å². The van der Waals surface area contributed by atoms with Crippen molar-refractivity contribution in [3.8, 4) is 0 Å². The first-order valence-corrected chi connectivity index (χ1v) is 7.79. The Morgan fingerprint density at radius 1 is 0.960 bits per heavy atom. The van der Waals surface area contributed by atoms with Crippen LogP contribution in [0.2, 0.25) is 5.02 Å². The molecule has 2 rings (SSSR count). The molecule has 0 radical (unpaired) electrons. The molecule has 4 amide bonds. The van der Waals surface area contributed by atoms with Gasteiger partial charge in [0.2, 0.25) is 5.91 Å². The minimum atomic E-state index is -0.434. The SMILES string of the molecule is CNC(=O)Nc1cccc(NC(=O)CNC(=O)c2ccccc2Cl)c1. The van der Waals surface area contributed by atoms with Gasteiger partial charge in [-0.1, -0.05) is 29.8 Å². The smallest absolute Gasteiger partial charge is 0.318 e. The summed E-state index contributed by atoms with van der Waals surface area (Å²) in [5.41, 5.74) is 1.32. The highest BCUT2D eigenvalue weighted by Gasteiger charge is 2.11. The second-order valence-corrected chi connectivity index (χ2v) is 5.40. The summed E-state index contributed by atoms with van der Waals surface area (Å²) in [4.78, 5) is 35.3. The first-order chi connectivity index (χ1) is 12.0. The Morgan fingerprint density at radius 3 is 2.32 bits per heavy atom. The number of anilines is 2. The summed E-state index contributed by atoms with van der Waals surface area (Å²) < 4.78 is 0. The van der Waals surface area contributed by atoms with E-state index in [9.17, 15) is 14.4 Å². The number of hydrogen-bond donors (Lipinski definition) is 4. The molecule has 0 aliphatic carbocycles. The Hall–Kier alpha value is -3.06. The zero-order chi connectivity index (χ0) is 18.2. The standard InChI is InChI=1S/C17H17ClN4O3/c1-19-17(25)22-12-6-4-5-11(9-12)21-15(23)10-20-16(24)13-7-2-3-8-14(13)18/h2-9H,10H2,1H3,(H,20,24)(H,21,23)(H2,19,22,25). The van der Waals surface area contributed by atoms with Crippen molar-refractivity contribution in [1.29, 1.82) is 0 Å². The Morgan fingerprint density at radius 2 is 1.64 bits per heavy atom. The van der Waals surface area contributed by atoms with Crippen molar-refractivity contribution >= 4 is 40.8 Å². The molecule has 0 aromatic heterocycles. The number of nitrogens with one attached hydrogen (secondary N) is 4. The largest absolute Gasteiger partial charge is 0.343 e. The van der Waals surface area contributed by atoms with Crippen LogP contribution < -0.4 is 21.3 Å². The molecule has 0 bridgehead atoms. The van der Waals surface area contributed by atoms with E-state index in [0.717, 1.165) is 0 Å². The van der Waals surface area contributed by atoms with Crippen LogP contribution in [-0.4, -0.2) is 31.4 Å². The van der Waals surface area contributed by atoms with E-state index < -0.39 is 11.8 Å². The molecule has 0 saturated heterocycles. The summed E-state index contributed by atoms with van der Waals surface area (Å²) in [6.45, 7) is -0.211. The molecule has 2 aromatic carbocycles. The second kappa shape index (κ2) is 8.70. The van der Waals surface area contributed by atoms with E-state index in [0.29, 0.717) is 22.0 Å². The van der Waals surface area contributed by atoms with Gasteiger partial charge in [0.1, 0.15) is 0 Å². The maximum Gasteiger partial charge on any atom is 0.318 e. The van der Waals surface area contributed by atoms with E-state index in [-0.39, 0.29) is 12.6 Å². The third-order valence-corrected chi connectivity index (χ3v) is 3.49. The highest BCUT2D eigenvalue weighted by atomic mass is 35.5. The summed E-state index contributed by atoms with van der Waals surface area (Å²) >= 11 is 5.93. The van der Waals surface area contributed by atoms with Crippen LogP contribution in [0.5, 0.6) is 0 Å². The molecule has 0 aliphatic rings. The molecule has 25 heavy (non-hydrogen) atoms. The van der Waals surface area contributed by atoms with Crippen LogP contribution in [0.4, 0.5) is 16.2 Å². The summed E-state index contributed by atoms with van der Waals surface area (Å²) in [6.07, 6.45) is 0. The van der Waals surface area contributed by atoms with Crippen molar-refractivity contribution in [2.24, 2.45) is 0 Å². The van der Waals surface area contributed by atoms with Crippen molar-refractivity contribution in [3.63, 3.8) is 0 Å². The fourth-order valence-corrected chi connectivity index (χ4v) is 2.20. The molecular weight excluding hydrogens is 344 g/mol. The zero-order valence-electron chi connectivity index (χ0n) is 13.4. The first-order valence-electron chi connectivity index (χ1n) is 7.41. The molecule has 0 spiro atoms. The number of amides is 4. The average Bonchev–Trinajstić information content (AvgIpc) is 2.60. The van der Waals surface area contributed by atoms with Gasteiger partial charge in [-0.2, -0.15) is 0 Å². The number of rotatable bonds is 5. The third-order valence-electron chi connectivity index (χ3n) is 3.16. The molecule has 0 heterocycles. The number of carbonyl (C=O) groups excluding carboxylic acids is 3. The lowest BCUT2D eigenvalue weighted by atomic mass is 10.2. The summed E-state index contributed by atoms with van der Waals surface area (Å²) in [6, 6.07) is 12.8. The van der Waals surface area contributed by atoms with Crippen molar-refractivity contribution in [3.05, 3.63) is 59.1 Å². The van der Waals surface area contributed by atoms with Gasteiger partial charge in [0.15, 0.2) is 0 Å². The van der Waals surface area contributed by atoms with Crippen molar-refractivity contribution < 1.29 is 14.4 Å². The van der Waals surface area contributed by atoms with E-state index in [2.05, 4.69) is 21.3 Å². The lowest BCUT2D eigenvalue weighted by Gasteiger charge is -2.10. The Labute approximate surface area is 149 Å². The van der Waals surface area contributed by atoms with Gasteiger partial charge >= 0.3 is 6.03 Å². The van der Waals surface area contributed by atoms with Gasteiger partial charge in [0, 0.05) is 18.4 Å². The van der Waals surface area contributed by atoms with Gasteiger partial charge in [0.05, 0.1) is 17.1 Å². The predicted octanol–water partition coefficient (Wildman–Crippen LogP) is 2.46. The van der Waals surface area contributed by atoms with Crippen LogP contribution in [0.25, 0.3) is 0 Å². The monoisotopic (exact) mass is 360 g/mol. The Bertz CT molecular complexity index is 795. The Balaban J connectivity index is 1.90. The van der Waals surface area contributed by atoms with Gasteiger partial charge in [-0.3, -0.25) is 9.59 Å². The molecule has 8 heteroatoms. The molecule has 2 aromatic rings. The Kier molecular flexibility index (Phi) is 6.36. The molecule has 0 saturated carbocycles. The van der Waals surface area contributed by atoms with Gasteiger partial charge in [-0.15, -0.1) is 0 Å². The van der Waals surface area contributed by atoms with Crippen molar-refractivity contribution in [1.82, 2.24) is 10.6 Å². The van der Waals surface area contributed by atoms with E-state index in [1.165, 1.54) is 7.05 Å². The molecular formula is C17H17ClN4O3. The minimum absolute atomic E-state index is 0.211. The maximum absolute atomic E-state index is 12.0. The highest BCUT2D eigenvalue weighted by Crippen LogP contribution is 2.15. The van der Waals surface area contributed by atoms with Crippen LogP contribution in [0.15, 0.2) is 48.5 Å². The van der Waals surface area contributed by atoms with Gasteiger partial charge in [0.25, 0.3) is 5.91 Å². The zero-order valence-corrected chi connectivity index (χ0v) is 14.2. The second-order valence-electron chi connectivity index (χ2n) is 5.00. The first kappa shape index (κ1) is 18.3. The van der Waals surface area contributed by atoms with Gasteiger partial charge in [-0.05, 0) is 30.3 Å². The minimum Gasteiger partial charge on any atom is -0.343 e. The van der Waals surface area contributed by atoms with Crippen molar-refractivity contribution in [2.45, 2.75) is 0 Å². The summed E-state index contributed by atoms with van der Waals surface area (Å²) in [5.74, 6) is -0.840. The van der Waals surface area contributed by atoms with Crippen LogP contribution in [-0.2, 0) is 4.79 Å². The quantitative estimate of drug-likeness (QED) is 0.659. The fourth-order valence-electron chi connectivity index (χ4n) is 1.97. The van der Waals surface area contributed by atoms with E-state index >= 15 is 0 Å². The number of benzene rings is 2. The molecule has 130 valence electrons. The fraction of sp³-hybridized carbons (Fsp3) is 0.118. The van der Waals surface area contributed by atoms with Crippen molar-refractivity contribution in [2.75, 3.05) is 24.2 Å². The molecule has 0 unspecified atom stereocenters. The highest BCUT2D eigenvalue weighted by molar-refractivity contribution is 6.33. The van der Waals surface area contributed by atoms with E-state index in [1.807, 2.05) is 0 Å². The topological polar surface area (TPSA) is 99.3 Å². The normalized spacial score (nSPS) is 9.84. The molecule has 7 nitrogen and oxygen atoms in total.